The third-order valence-corrected chi connectivity index (χ3v) is 5.14. The molecule has 0 radical (unpaired) electrons. The van der Waals surface area contributed by atoms with Gasteiger partial charge in [0, 0.05) is 26.2 Å². The number of nitrogens with zero attached hydrogens (tertiary/aromatic N) is 2. The SMILES string of the molecule is CC(C)CC(N)C(=O)NC[C@H]1CN(c2ccc(N3CCNCC3)c(F)c2)C(=O)O1. The summed E-state index contributed by atoms with van der Waals surface area (Å²) >= 11 is 0. The molecule has 0 saturated carbocycles. The van der Waals surface area contributed by atoms with Gasteiger partial charge in [0.15, 0.2) is 0 Å². The van der Waals surface area contributed by atoms with E-state index in [0.717, 1.165) is 26.2 Å². The molecule has 2 aliphatic heterocycles. The molecule has 160 valence electrons. The zero-order chi connectivity index (χ0) is 21.0. The molecule has 4 N–H and O–H groups in total. The number of ether oxygens (including phenoxy) is 1. The quantitative estimate of drug-likeness (QED) is 0.625. The average molecular weight is 407 g/mol. The summed E-state index contributed by atoms with van der Waals surface area (Å²) in [6.45, 7) is 7.51. The highest BCUT2D eigenvalue weighted by molar-refractivity contribution is 5.90. The number of rotatable bonds is 7. The van der Waals surface area contributed by atoms with Gasteiger partial charge in [-0.25, -0.2) is 9.18 Å². The summed E-state index contributed by atoms with van der Waals surface area (Å²) < 4.78 is 20.0. The predicted molar refractivity (Wildman–Crippen MR) is 110 cm³/mol. The van der Waals surface area contributed by atoms with E-state index in [4.69, 9.17) is 10.5 Å². The molecule has 2 saturated heterocycles. The summed E-state index contributed by atoms with van der Waals surface area (Å²) in [5.41, 5.74) is 6.84. The smallest absolute Gasteiger partial charge is 0.414 e. The Kier molecular flexibility index (Phi) is 6.92. The minimum atomic E-state index is -0.588. The van der Waals surface area contributed by atoms with Crippen molar-refractivity contribution in [1.82, 2.24) is 10.6 Å². The van der Waals surface area contributed by atoms with Crippen LogP contribution in [0.5, 0.6) is 0 Å². The number of nitrogens with one attached hydrogen (secondary N) is 2. The van der Waals surface area contributed by atoms with Crippen LogP contribution in [0.25, 0.3) is 0 Å². The van der Waals surface area contributed by atoms with Crippen LogP contribution < -0.4 is 26.2 Å². The van der Waals surface area contributed by atoms with Gasteiger partial charge in [-0.05, 0) is 30.5 Å². The average Bonchev–Trinajstić information content (AvgIpc) is 3.06. The number of piperazine rings is 1. The number of hydrogen-bond donors (Lipinski definition) is 3. The molecule has 1 aromatic carbocycles. The molecular formula is C20H30FN5O3. The zero-order valence-electron chi connectivity index (χ0n) is 17.0. The zero-order valence-corrected chi connectivity index (χ0v) is 17.0. The lowest BCUT2D eigenvalue weighted by molar-refractivity contribution is -0.123. The topological polar surface area (TPSA) is 99.9 Å². The molecule has 0 spiro atoms. The molecule has 2 heterocycles. The Morgan fingerprint density at radius 3 is 2.76 bits per heavy atom. The Balaban J connectivity index is 1.57. The van der Waals surface area contributed by atoms with Crippen LogP contribution >= 0.6 is 0 Å². The van der Waals surface area contributed by atoms with E-state index in [0.29, 0.717) is 23.7 Å². The van der Waals surface area contributed by atoms with Crippen LogP contribution in [0.1, 0.15) is 20.3 Å². The Hall–Kier alpha value is -2.39. The van der Waals surface area contributed by atoms with Crippen molar-refractivity contribution in [2.75, 3.05) is 49.1 Å². The van der Waals surface area contributed by atoms with E-state index < -0.39 is 18.2 Å². The first-order valence-electron chi connectivity index (χ1n) is 10.1. The van der Waals surface area contributed by atoms with Crippen molar-refractivity contribution in [2.24, 2.45) is 11.7 Å². The molecule has 0 aliphatic carbocycles. The third kappa shape index (κ3) is 5.36. The molecule has 9 heteroatoms. The number of hydrogen-bond acceptors (Lipinski definition) is 6. The molecule has 8 nitrogen and oxygen atoms in total. The van der Waals surface area contributed by atoms with Crippen molar-refractivity contribution >= 4 is 23.4 Å². The van der Waals surface area contributed by atoms with Crippen LogP contribution in [0.15, 0.2) is 18.2 Å². The maximum Gasteiger partial charge on any atom is 0.414 e. The lowest BCUT2D eigenvalue weighted by Gasteiger charge is -2.30. The second-order valence-electron chi connectivity index (χ2n) is 7.97. The highest BCUT2D eigenvalue weighted by atomic mass is 19.1. The second kappa shape index (κ2) is 9.41. The molecule has 2 fully saturated rings. The fraction of sp³-hybridized carbons (Fsp3) is 0.600. The number of carbonyl (C=O) groups is 2. The van der Waals surface area contributed by atoms with Gasteiger partial charge >= 0.3 is 6.09 Å². The van der Waals surface area contributed by atoms with Crippen molar-refractivity contribution < 1.29 is 18.7 Å². The number of halogens is 1. The van der Waals surface area contributed by atoms with E-state index in [2.05, 4.69) is 10.6 Å². The summed E-state index contributed by atoms with van der Waals surface area (Å²) in [5, 5.41) is 5.97. The number of amides is 2. The molecule has 3 rings (SSSR count). The normalized spacial score (nSPS) is 20.7. The molecule has 2 aliphatic rings. The van der Waals surface area contributed by atoms with Gasteiger partial charge in [0.1, 0.15) is 11.9 Å². The van der Waals surface area contributed by atoms with Gasteiger partial charge in [0.25, 0.3) is 0 Å². The van der Waals surface area contributed by atoms with E-state index in [1.807, 2.05) is 18.7 Å². The fourth-order valence-corrected chi connectivity index (χ4v) is 3.62. The van der Waals surface area contributed by atoms with E-state index in [-0.39, 0.29) is 24.8 Å². The summed E-state index contributed by atoms with van der Waals surface area (Å²) in [7, 11) is 0. The first-order valence-corrected chi connectivity index (χ1v) is 10.1. The van der Waals surface area contributed by atoms with Gasteiger partial charge in [-0.3, -0.25) is 9.69 Å². The van der Waals surface area contributed by atoms with E-state index in [1.165, 1.54) is 11.0 Å². The Labute approximate surface area is 170 Å². The standard InChI is InChI=1S/C20H30FN5O3/c1-13(2)9-17(22)19(27)24-11-15-12-26(20(28)29-15)14-3-4-18(16(21)10-14)25-7-5-23-6-8-25/h3-4,10,13,15,17,23H,5-9,11-12,22H2,1-2H3,(H,24,27)/t15-,17?/m0/s1. The minimum absolute atomic E-state index is 0.175. The highest BCUT2D eigenvalue weighted by Crippen LogP contribution is 2.28. The molecule has 2 amide bonds. The summed E-state index contributed by atoms with van der Waals surface area (Å²) in [4.78, 5) is 27.7. The lowest BCUT2D eigenvalue weighted by Crippen LogP contribution is -2.44. The molecule has 0 aromatic heterocycles. The molecule has 1 unspecified atom stereocenters. The molecule has 29 heavy (non-hydrogen) atoms. The van der Waals surface area contributed by atoms with E-state index in [9.17, 15) is 14.0 Å². The number of anilines is 2. The van der Waals surface area contributed by atoms with Gasteiger partial charge < -0.3 is 26.0 Å². The van der Waals surface area contributed by atoms with Gasteiger partial charge in [-0.15, -0.1) is 0 Å². The molecule has 0 bridgehead atoms. The Morgan fingerprint density at radius 2 is 2.10 bits per heavy atom. The first-order chi connectivity index (χ1) is 13.8. The van der Waals surface area contributed by atoms with Gasteiger partial charge in [-0.2, -0.15) is 0 Å². The molecular weight excluding hydrogens is 377 g/mol. The maximum atomic E-state index is 14.6. The van der Waals surface area contributed by atoms with Crippen LogP contribution in [0.4, 0.5) is 20.6 Å². The van der Waals surface area contributed by atoms with Crippen LogP contribution in [-0.2, 0) is 9.53 Å². The van der Waals surface area contributed by atoms with Crippen LogP contribution in [0.2, 0.25) is 0 Å². The number of nitrogens with two attached hydrogens (primary N) is 1. The van der Waals surface area contributed by atoms with Crippen LogP contribution in [0, 0.1) is 11.7 Å². The summed E-state index contributed by atoms with van der Waals surface area (Å²) in [6, 6.07) is 4.19. The minimum Gasteiger partial charge on any atom is -0.442 e. The highest BCUT2D eigenvalue weighted by Gasteiger charge is 2.33. The summed E-state index contributed by atoms with van der Waals surface area (Å²) in [6.07, 6.45) is -0.472. The van der Waals surface area contributed by atoms with Gasteiger partial charge in [-0.1, -0.05) is 13.8 Å². The lowest BCUT2D eigenvalue weighted by atomic mass is 10.0. The monoisotopic (exact) mass is 407 g/mol. The van der Waals surface area contributed by atoms with Crippen molar-refractivity contribution in [2.45, 2.75) is 32.4 Å². The van der Waals surface area contributed by atoms with Gasteiger partial charge in [0.05, 0.1) is 30.5 Å². The Morgan fingerprint density at radius 1 is 1.38 bits per heavy atom. The van der Waals surface area contributed by atoms with Gasteiger partial charge in [0.2, 0.25) is 5.91 Å². The number of benzene rings is 1. The fourth-order valence-electron chi connectivity index (χ4n) is 3.62. The molecule has 2 atom stereocenters. The predicted octanol–water partition coefficient (Wildman–Crippen LogP) is 1.05. The number of carbonyl (C=O) groups excluding carboxylic acids is 2. The largest absolute Gasteiger partial charge is 0.442 e. The van der Waals surface area contributed by atoms with E-state index in [1.54, 1.807) is 12.1 Å². The molecule has 1 aromatic rings. The van der Waals surface area contributed by atoms with Crippen molar-refractivity contribution in [3.05, 3.63) is 24.0 Å². The summed E-state index contributed by atoms with van der Waals surface area (Å²) in [5.74, 6) is -0.317. The maximum absolute atomic E-state index is 14.6. The second-order valence-corrected chi connectivity index (χ2v) is 7.97. The Bertz CT molecular complexity index is 739. The first kappa shape index (κ1) is 21.3. The van der Waals surface area contributed by atoms with E-state index >= 15 is 0 Å². The van der Waals surface area contributed by atoms with Crippen molar-refractivity contribution in [3.8, 4) is 0 Å². The van der Waals surface area contributed by atoms with Crippen molar-refractivity contribution in [1.29, 1.82) is 0 Å². The van der Waals surface area contributed by atoms with Crippen molar-refractivity contribution in [3.63, 3.8) is 0 Å². The number of cyclic esters (lactones) is 1. The van der Waals surface area contributed by atoms with Crippen LogP contribution in [0.3, 0.4) is 0 Å². The van der Waals surface area contributed by atoms with Crippen LogP contribution in [-0.4, -0.2) is 63.4 Å². The third-order valence-electron chi connectivity index (χ3n) is 5.14.